The van der Waals surface area contributed by atoms with E-state index in [1.54, 1.807) is 22.9 Å². The van der Waals surface area contributed by atoms with Gasteiger partial charge in [-0.05, 0) is 40.2 Å². The van der Waals surface area contributed by atoms with Crippen LogP contribution < -0.4 is 5.32 Å². The van der Waals surface area contributed by atoms with Crippen LogP contribution in [0.5, 0.6) is 0 Å². The van der Waals surface area contributed by atoms with Gasteiger partial charge in [-0.3, -0.25) is 4.68 Å². The number of carbonyl (C=O) groups is 1. The fraction of sp³-hybridized carbons (Fsp3) is 0.167. The fourth-order valence-electron chi connectivity index (χ4n) is 1.55. The number of anilines is 1. The Morgan fingerprint density at radius 3 is 2.83 bits per heavy atom. The van der Waals surface area contributed by atoms with E-state index in [-0.39, 0.29) is 5.56 Å². The third kappa shape index (κ3) is 2.89. The van der Waals surface area contributed by atoms with Crippen LogP contribution in [0, 0.1) is 0 Å². The fourth-order valence-corrected chi connectivity index (χ4v) is 2.10. The number of nitrogens with one attached hydrogen (secondary N) is 1. The second-order valence-corrected chi connectivity index (χ2v) is 4.69. The monoisotopic (exact) mass is 309 g/mol. The molecule has 0 atom stereocenters. The Balaban J connectivity index is 2.06. The lowest BCUT2D eigenvalue weighted by molar-refractivity contribution is 0.0696. The molecule has 1 heterocycles. The summed E-state index contributed by atoms with van der Waals surface area (Å²) in [4.78, 5) is 10.9. The van der Waals surface area contributed by atoms with Crippen molar-refractivity contribution < 1.29 is 9.90 Å². The second-order valence-electron chi connectivity index (χ2n) is 3.83. The van der Waals surface area contributed by atoms with E-state index in [2.05, 4.69) is 26.3 Å². The average Bonchev–Trinajstić information content (AvgIpc) is 2.72. The first kappa shape index (κ1) is 12.6. The lowest BCUT2D eigenvalue weighted by atomic mass is 10.2. The maximum atomic E-state index is 10.9. The molecule has 2 aromatic rings. The van der Waals surface area contributed by atoms with Crippen LogP contribution in [0.2, 0.25) is 0 Å². The van der Waals surface area contributed by atoms with E-state index >= 15 is 0 Å². The van der Waals surface area contributed by atoms with Gasteiger partial charge in [-0.1, -0.05) is 0 Å². The molecular weight excluding hydrogens is 298 g/mol. The van der Waals surface area contributed by atoms with Crippen LogP contribution >= 0.6 is 15.9 Å². The summed E-state index contributed by atoms with van der Waals surface area (Å²) in [5.41, 5.74) is 2.02. The van der Waals surface area contributed by atoms with Crippen LogP contribution in [-0.2, 0) is 13.6 Å². The largest absolute Gasteiger partial charge is 0.478 e. The van der Waals surface area contributed by atoms with Gasteiger partial charge in [-0.2, -0.15) is 5.10 Å². The number of nitrogens with zero attached hydrogens (tertiary/aromatic N) is 2. The summed E-state index contributed by atoms with van der Waals surface area (Å²) in [7, 11) is 1.86. The van der Waals surface area contributed by atoms with E-state index < -0.39 is 5.97 Å². The molecule has 94 valence electrons. The second kappa shape index (κ2) is 5.22. The highest BCUT2D eigenvalue weighted by Crippen LogP contribution is 2.21. The number of aromatic carboxylic acids is 1. The van der Waals surface area contributed by atoms with Crippen molar-refractivity contribution in [3.63, 3.8) is 0 Å². The standard InChI is InChI=1S/C12H12BrN3O2/c1-16-5-4-9(15-16)7-14-8-2-3-10(12(17)18)11(13)6-8/h2-6,14H,7H2,1H3,(H,17,18). The summed E-state index contributed by atoms with van der Waals surface area (Å²) in [6, 6.07) is 6.96. The Kier molecular flexibility index (Phi) is 3.66. The summed E-state index contributed by atoms with van der Waals surface area (Å²) >= 11 is 3.24. The molecule has 2 rings (SSSR count). The molecule has 0 spiro atoms. The van der Waals surface area contributed by atoms with Crippen molar-refractivity contribution in [1.29, 1.82) is 0 Å². The van der Waals surface area contributed by atoms with Crippen molar-refractivity contribution in [2.24, 2.45) is 7.05 Å². The van der Waals surface area contributed by atoms with Gasteiger partial charge < -0.3 is 10.4 Å². The van der Waals surface area contributed by atoms with Gasteiger partial charge in [0, 0.05) is 23.4 Å². The molecule has 0 radical (unpaired) electrons. The minimum absolute atomic E-state index is 0.249. The molecule has 0 saturated heterocycles. The van der Waals surface area contributed by atoms with E-state index in [0.29, 0.717) is 11.0 Å². The maximum absolute atomic E-state index is 10.9. The van der Waals surface area contributed by atoms with Crippen molar-refractivity contribution in [3.05, 3.63) is 46.2 Å². The Labute approximate surface area is 113 Å². The molecule has 0 fully saturated rings. The molecule has 1 aromatic carbocycles. The lowest BCUT2D eigenvalue weighted by Gasteiger charge is -2.06. The third-order valence-electron chi connectivity index (χ3n) is 2.44. The van der Waals surface area contributed by atoms with Gasteiger partial charge in [0.15, 0.2) is 0 Å². The quantitative estimate of drug-likeness (QED) is 0.910. The Bertz CT molecular complexity index is 580. The van der Waals surface area contributed by atoms with Gasteiger partial charge in [0.1, 0.15) is 0 Å². The Morgan fingerprint density at radius 2 is 2.28 bits per heavy atom. The first-order valence-electron chi connectivity index (χ1n) is 5.31. The average molecular weight is 310 g/mol. The van der Waals surface area contributed by atoms with Crippen LogP contribution in [0.15, 0.2) is 34.9 Å². The van der Waals surface area contributed by atoms with Gasteiger partial charge in [0.05, 0.1) is 17.8 Å². The van der Waals surface area contributed by atoms with Crippen molar-refractivity contribution in [2.75, 3.05) is 5.32 Å². The highest BCUT2D eigenvalue weighted by Gasteiger charge is 2.08. The highest BCUT2D eigenvalue weighted by molar-refractivity contribution is 9.10. The number of aryl methyl sites for hydroxylation is 1. The topological polar surface area (TPSA) is 67.2 Å². The van der Waals surface area contributed by atoms with Gasteiger partial charge in [-0.25, -0.2) is 4.79 Å². The van der Waals surface area contributed by atoms with Crippen LogP contribution in [0.3, 0.4) is 0 Å². The number of halogens is 1. The molecule has 1 aromatic heterocycles. The molecule has 0 unspecified atom stereocenters. The molecular formula is C12H12BrN3O2. The smallest absolute Gasteiger partial charge is 0.336 e. The zero-order chi connectivity index (χ0) is 13.1. The van der Waals surface area contributed by atoms with Crippen LogP contribution in [0.25, 0.3) is 0 Å². The van der Waals surface area contributed by atoms with Crippen LogP contribution in [0.4, 0.5) is 5.69 Å². The van der Waals surface area contributed by atoms with E-state index in [0.717, 1.165) is 11.4 Å². The SMILES string of the molecule is Cn1ccc(CNc2ccc(C(=O)O)c(Br)c2)n1. The van der Waals surface area contributed by atoms with Crippen molar-refractivity contribution in [2.45, 2.75) is 6.54 Å². The molecule has 5 nitrogen and oxygen atoms in total. The number of carboxylic acids is 1. The first-order chi connectivity index (χ1) is 8.56. The predicted octanol–water partition coefficient (Wildman–Crippen LogP) is 2.49. The van der Waals surface area contributed by atoms with Gasteiger partial charge in [0.25, 0.3) is 0 Å². The van der Waals surface area contributed by atoms with Gasteiger partial charge >= 0.3 is 5.97 Å². The summed E-state index contributed by atoms with van der Waals surface area (Å²) in [5.74, 6) is -0.946. The summed E-state index contributed by atoms with van der Waals surface area (Å²) in [5, 5.41) is 16.3. The molecule has 0 aliphatic carbocycles. The van der Waals surface area contributed by atoms with E-state index in [9.17, 15) is 4.79 Å². The summed E-state index contributed by atoms with van der Waals surface area (Å²) in [6.07, 6.45) is 1.88. The Morgan fingerprint density at radius 1 is 1.50 bits per heavy atom. The molecule has 6 heteroatoms. The maximum Gasteiger partial charge on any atom is 0.336 e. The highest BCUT2D eigenvalue weighted by atomic mass is 79.9. The molecule has 0 aliphatic heterocycles. The zero-order valence-corrected chi connectivity index (χ0v) is 11.3. The van der Waals surface area contributed by atoms with Crippen molar-refractivity contribution >= 4 is 27.6 Å². The van der Waals surface area contributed by atoms with Gasteiger partial charge in [0.2, 0.25) is 0 Å². The number of carboxylic acid groups (broad SMARTS) is 1. The van der Waals surface area contributed by atoms with E-state index in [1.165, 1.54) is 0 Å². The third-order valence-corrected chi connectivity index (χ3v) is 3.10. The minimum atomic E-state index is -0.946. The lowest BCUT2D eigenvalue weighted by Crippen LogP contribution is -2.03. The molecule has 0 bridgehead atoms. The number of aromatic nitrogens is 2. The minimum Gasteiger partial charge on any atom is -0.478 e. The van der Waals surface area contributed by atoms with Crippen molar-refractivity contribution in [1.82, 2.24) is 9.78 Å². The first-order valence-corrected chi connectivity index (χ1v) is 6.11. The molecule has 0 amide bonds. The number of hydrogen-bond donors (Lipinski definition) is 2. The normalized spacial score (nSPS) is 10.3. The molecule has 2 N–H and O–H groups in total. The molecule has 0 saturated carbocycles. The van der Waals surface area contributed by atoms with Crippen LogP contribution in [0.1, 0.15) is 16.1 Å². The number of hydrogen-bond acceptors (Lipinski definition) is 3. The van der Waals surface area contributed by atoms with E-state index in [1.807, 2.05) is 19.3 Å². The zero-order valence-electron chi connectivity index (χ0n) is 9.72. The Hall–Kier alpha value is -1.82. The predicted molar refractivity (Wildman–Crippen MR) is 71.6 cm³/mol. The van der Waals surface area contributed by atoms with E-state index in [4.69, 9.17) is 5.11 Å². The number of benzene rings is 1. The molecule has 0 aliphatic rings. The number of rotatable bonds is 4. The summed E-state index contributed by atoms with van der Waals surface area (Å²) < 4.78 is 2.29. The van der Waals surface area contributed by atoms with Crippen LogP contribution in [-0.4, -0.2) is 20.9 Å². The molecule has 18 heavy (non-hydrogen) atoms. The van der Waals surface area contributed by atoms with Gasteiger partial charge in [-0.15, -0.1) is 0 Å². The van der Waals surface area contributed by atoms with Crippen molar-refractivity contribution in [3.8, 4) is 0 Å². The summed E-state index contributed by atoms with van der Waals surface area (Å²) in [6.45, 7) is 0.597.